The number of carbonyl (C=O) groups is 1. The molecule has 2 aromatic rings. The van der Waals surface area contributed by atoms with Crippen molar-refractivity contribution < 1.29 is 19.0 Å². The van der Waals surface area contributed by atoms with E-state index in [1.54, 1.807) is 18.2 Å². The zero-order chi connectivity index (χ0) is 19.6. The van der Waals surface area contributed by atoms with E-state index in [1.165, 1.54) is 30.2 Å². The molecule has 1 atom stereocenters. The number of anilines is 1. The molecule has 0 radical (unpaired) electrons. The van der Waals surface area contributed by atoms with Crippen LogP contribution in [0.4, 0.5) is 14.9 Å². The van der Waals surface area contributed by atoms with Gasteiger partial charge in [0.05, 0.1) is 12.8 Å². The Kier molecular flexibility index (Phi) is 5.87. The van der Waals surface area contributed by atoms with Crippen LogP contribution in [0.1, 0.15) is 12.8 Å². The molecule has 0 aromatic heterocycles. The van der Waals surface area contributed by atoms with Gasteiger partial charge in [0.25, 0.3) is 0 Å². The Hall–Kier alpha value is -2.31. The molecule has 144 valence electrons. The van der Waals surface area contributed by atoms with Crippen LogP contribution in [0.15, 0.2) is 36.4 Å². The summed E-state index contributed by atoms with van der Waals surface area (Å²) in [5.41, 5.74) is 1.48. The fourth-order valence-electron chi connectivity index (χ4n) is 3.51. The lowest BCUT2D eigenvalue weighted by Gasteiger charge is -2.28. The molecule has 1 heterocycles. The molecular weight excluding hydrogens is 371 g/mol. The van der Waals surface area contributed by atoms with Crippen LogP contribution in [0.5, 0.6) is 5.75 Å². The van der Waals surface area contributed by atoms with Gasteiger partial charge in [0.1, 0.15) is 11.6 Å². The van der Waals surface area contributed by atoms with E-state index >= 15 is 0 Å². The summed E-state index contributed by atoms with van der Waals surface area (Å²) in [5.74, 6) is 0.0705. The quantitative estimate of drug-likeness (QED) is 0.799. The van der Waals surface area contributed by atoms with Gasteiger partial charge in [-0.3, -0.25) is 4.90 Å². The van der Waals surface area contributed by atoms with E-state index in [9.17, 15) is 14.3 Å². The largest absolute Gasteiger partial charge is 0.497 e. The predicted octanol–water partition coefficient (Wildman–Crippen LogP) is 4.73. The number of benzene rings is 2. The van der Waals surface area contributed by atoms with Gasteiger partial charge in [-0.25, -0.2) is 9.18 Å². The van der Waals surface area contributed by atoms with Gasteiger partial charge in [0, 0.05) is 23.2 Å². The van der Waals surface area contributed by atoms with Crippen molar-refractivity contribution in [1.82, 2.24) is 4.90 Å². The Labute approximate surface area is 162 Å². The molecule has 0 spiro atoms. The van der Waals surface area contributed by atoms with Crippen LogP contribution in [-0.2, 0) is 0 Å². The monoisotopic (exact) mass is 392 g/mol. The van der Waals surface area contributed by atoms with Crippen molar-refractivity contribution in [1.29, 1.82) is 0 Å². The minimum Gasteiger partial charge on any atom is -0.497 e. The van der Waals surface area contributed by atoms with Crippen LogP contribution >= 0.6 is 11.6 Å². The van der Waals surface area contributed by atoms with Crippen LogP contribution < -0.4 is 9.64 Å². The summed E-state index contributed by atoms with van der Waals surface area (Å²) in [6.45, 7) is 1.27. The highest BCUT2D eigenvalue weighted by Gasteiger charge is 2.28. The highest BCUT2D eigenvalue weighted by atomic mass is 35.5. The lowest BCUT2D eigenvalue weighted by molar-refractivity contribution is 0.198. The maximum Gasteiger partial charge on any atom is 0.411 e. The third-order valence-corrected chi connectivity index (χ3v) is 5.18. The molecule has 1 amide bonds. The normalized spacial score (nSPS) is 17.1. The molecule has 1 N–H and O–H groups in total. The molecular formula is C20H22ClFN2O3. The summed E-state index contributed by atoms with van der Waals surface area (Å²) < 4.78 is 19.3. The Morgan fingerprint density at radius 1 is 1.37 bits per heavy atom. The van der Waals surface area contributed by atoms with Gasteiger partial charge in [0.15, 0.2) is 0 Å². The lowest BCUT2D eigenvalue weighted by Crippen LogP contribution is -2.41. The molecule has 27 heavy (non-hydrogen) atoms. The maximum atomic E-state index is 14.0. The van der Waals surface area contributed by atoms with Crippen molar-refractivity contribution in [3.63, 3.8) is 0 Å². The van der Waals surface area contributed by atoms with Crippen molar-refractivity contribution in [2.75, 3.05) is 32.1 Å². The van der Waals surface area contributed by atoms with Gasteiger partial charge >= 0.3 is 6.09 Å². The Balaban J connectivity index is 2.06. The van der Waals surface area contributed by atoms with E-state index in [-0.39, 0.29) is 6.04 Å². The van der Waals surface area contributed by atoms with Gasteiger partial charge in [-0.2, -0.15) is 0 Å². The summed E-state index contributed by atoms with van der Waals surface area (Å²) >= 11 is 6.16. The van der Waals surface area contributed by atoms with Crippen LogP contribution in [0, 0.1) is 5.82 Å². The van der Waals surface area contributed by atoms with Crippen molar-refractivity contribution in [2.45, 2.75) is 18.9 Å². The second kappa shape index (κ2) is 8.15. The number of hydrogen-bond donors (Lipinski definition) is 1. The first-order chi connectivity index (χ1) is 12.9. The number of likely N-dealkylation sites (N-methyl/N-ethyl adjacent to an activating group) is 1. The maximum absolute atomic E-state index is 14.0. The Bertz CT molecular complexity index is 846. The second-order valence-electron chi connectivity index (χ2n) is 6.71. The van der Waals surface area contributed by atoms with E-state index in [0.29, 0.717) is 34.1 Å². The number of nitrogens with zero attached hydrogens (tertiary/aromatic N) is 2. The van der Waals surface area contributed by atoms with Crippen molar-refractivity contribution in [3.8, 4) is 16.9 Å². The molecule has 7 heteroatoms. The first-order valence-corrected chi connectivity index (χ1v) is 9.12. The number of ether oxygens (including phenoxy) is 1. The smallest absolute Gasteiger partial charge is 0.411 e. The summed E-state index contributed by atoms with van der Waals surface area (Å²) in [6.07, 6.45) is 0.898. The Morgan fingerprint density at radius 2 is 2.15 bits per heavy atom. The van der Waals surface area contributed by atoms with E-state index in [0.717, 1.165) is 19.4 Å². The van der Waals surface area contributed by atoms with Gasteiger partial charge in [0.2, 0.25) is 0 Å². The van der Waals surface area contributed by atoms with E-state index in [4.69, 9.17) is 16.3 Å². The van der Waals surface area contributed by atoms with E-state index in [1.807, 2.05) is 7.05 Å². The third-order valence-electron chi connectivity index (χ3n) is 4.96. The van der Waals surface area contributed by atoms with Gasteiger partial charge < -0.3 is 14.7 Å². The SMILES string of the molecule is COc1cc(Cl)cc(-c2cc(F)ccc2N(CC2CCCN2C)C(=O)O)c1. The van der Waals surface area contributed by atoms with Gasteiger partial charge in [-0.15, -0.1) is 0 Å². The predicted molar refractivity (Wildman–Crippen MR) is 104 cm³/mol. The minimum absolute atomic E-state index is 0.132. The zero-order valence-electron chi connectivity index (χ0n) is 15.3. The molecule has 1 aliphatic rings. The molecule has 1 unspecified atom stereocenters. The minimum atomic E-state index is -1.07. The number of methoxy groups -OCH3 is 1. The standard InChI is InChI=1S/C20H22ClFN2O3/c1-23-7-3-4-16(23)12-24(20(25)26)19-6-5-15(22)11-18(19)13-8-14(21)10-17(9-13)27-2/h5-6,8-11,16H,3-4,7,12H2,1-2H3,(H,25,26). The summed E-state index contributed by atoms with van der Waals surface area (Å²) in [4.78, 5) is 15.5. The van der Waals surface area contributed by atoms with Crippen LogP contribution in [0.3, 0.4) is 0 Å². The van der Waals surface area contributed by atoms with Crippen LogP contribution in [0.25, 0.3) is 11.1 Å². The van der Waals surface area contributed by atoms with Crippen molar-refractivity contribution in [2.24, 2.45) is 0 Å². The second-order valence-corrected chi connectivity index (χ2v) is 7.15. The first kappa shape index (κ1) is 19.5. The third kappa shape index (κ3) is 4.34. The first-order valence-electron chi connectivity index (χ1n) is 8.74. The molecule has 2 aromatic carbocycles. The molecule has 3 rings (SSSR count). The summed E-state index contributed by atoms with van der Waals surface area (Å²) in [6, 6.07) is 9.26. The van der Waals surface area contributed by atoms with Crippen LogP contribution in [-0.4, -0.2) is 49.4 Å². The van der Waals surface area contributed by atoms with E-state index < -0.39 is 11.9 Å². The molecule has 1 fully saturated rings. The molecule has 5 nitrogen and oxygen atoms in total. The number of rotatable bonds is 5. The topological polar surface area (TPSA) is 53.0 Å². The van der Waals surface area contributed by atoms with Crippen molar-refractivity contribution in [3.05, 3.63) is 47.2 Å². The molecule has 0 aliphatic carbocycles. The highest BCUT2D eigenvalue weighted by molar-refractivity contribution is 6.31. The molecule has 0 bridgehead atoms. The average molecular weight is 393 g/mol. The number of hydrogen-bond acceptors (Lipinski definition) is 3. The van der Waals surface area contributed by atoms with Crippen LogP contribution in [0.2, 0.25) is 5.02 Å². The van der Waals surface area contributed by atoms with Gasteiger partial charge in [-0.05, 0) is 68.4 Å². The van der Waals surface area contributed by atoms with Crippen molar-refractivity contribution >= 4 is 23.4 Å². The molecule has 0 saturated carbocycles. The molecule has 1 aliphatic heterocycles. The molecule has 1 saturated heterocycles. The number of amides is 1. The average Bonchev–Trinajstić information content (AvgIpc) is 3.04. The number of carboxylic acid groups (broad SMARTS) is 1. The Morgan fingerprint density at radius 3 is 2.78 bits per heavy atom. The lowest BCUT2D eigenvalue weighted by atomic mass is 10.0. The fourth-order valence-corrected chi connectivity index (χ4v) is 3.74. The summed E-state index contributed by atoms with van der Waals surface area (Å²) in [7, 11) is 3.51. The van der Waals surface area contributed by atoms with Gasteiger partial charge in [-0.1, -0.05) is 11.6 Å². The summed E-state index contributed by atoms with van der Waals surface area (Å²) in [5, 5.41) is 10.3. The zero-order valence-corrected chi connectivity index (χ0v) is 16.0. The highest BCUT2D eigenvalue weighted by Crippen LogP contribution is 2.36. The number of likely N-dealkylation sites (tertiary alicyclic amines) is 1. The van der Waals surface area contributed by atoms with E-state index in [2.05, 4.69) is 4.90 Å². The fraction of sp³-hybridized carbons (Fsp3) is 0.350. The number of halogens is 2.